The summed E-state index contributed by atoms with van der Waals surface area (Å²) in [6, 6.07) is 7.12. The lowest BCUT2D eigenvalue weighted by Gasteiger charge is -2.39. The van der Waals surface area contributed by atoms with Crippen molar-refractivity contribution in [3.8, 4) is 5.69 Å². The summed E-state index contributed by atoms with van der Waals surface area (Å²) in [6.45, 7) is 4.55. The third kappa shape index (κ3) is 2.85. The highest BCUT2D eigenvalue weighted by molar-refractivity contribution is 5.45. The Balaban J connectivity index is 1.56. The zero-order chi connectivity index (χ0) is 16.7. The van der Waals surface area contributed by atoms with Crippen molar-refractivity contribution in [2.75, 3.05) is 38.1 Å². The lowest BCUT2D eigenvalue weighted by atomic mass is 9.95. The fraction of sp³-hybridized carbons (Fsp3) is 0.529. The molecule has 1 fully saturated rings. The van der Waals surface area contributed by atoms with Crippen LogP contribution < -0.4 is 11.5 Å². The number of rotatable bonds is 2. The Morgan fingerprint density at radius 1 is 1.08 bits per heavy atom. The Morgan fingerprint density at radius 2 is 1.88 bits per heavy atom. The minimum absolute atomic E-state index is 0.207. The fourth-order valence-electron chi connectivity index (χ4n) is 3.90. The predicted octanol–water partition coefficient (Wildman–Crippen LogP) is 0.884. The van der Waals surface area contributed by atoms with Gasteiger partial charge in [-0.1, -0.05) is 6.07 Å². The largest absolute Gasteiger partial charge is 0.368 e. The molecule has 7 nitrogen and oxygen atoms in total. The van der Waals surface area contributed by atoms with Gasteiger partial charge in [-0.2, -0.15) is 9.67 Å². The monoisotopic (exact) mass is 327 g/mol. The number of hydrogen-bond acceptors (Lipinski definition) is 6. The third-order valence-corrected chi connectivity index (χ3v) is 5.33. The second kappa shape index (κ2) is 6.07. The van der Waals surface area contributed by atoms with Gasteiger partial charge in [0.05, 0.1) is 5.69 Å². The summed E-state index contributed by atoms with van der Waals surface area (Å²) in [4.78, 5) is 9.05. The Hall–Kier alpha value is -2.12. The SMILES string of the molecule is CN1CCC(N2CCc3ccc(-n4nc(N)nc4N)cc3C2)CC1. The van der Waals surface area contributed by atoms with E-state index in [0.29, 0.717) is 12.0 Å². The molecule has 0 unspecified atom stereocenters. The van der Waals surface area contributed by atoms with Gasteiger partial charge in [0.25, 0.3) is 0 Å². The highest BCUT2D eigenvalue weighted by atomic mass is 15.4. The number of hydrogen-bond donors (Lipinski definition) is 2. The molecule has 0 saturated carbocycles. The molecule has 3 heterocycles. The first-order chi connectivity index (χ1) is 11.6. The molecule has 0 amide bonds. The number of nitrogens with zero attached hydrogens (tertiary/aromatic N) is 5. The standard InChI is InChI=1S/C17H25N7/c1-22-7-5-14(6-8-22)23-9-4-12-2-3-15(10-13(12)11-23)24-17(19)20-16(18)21-24/h2-3,10,14H,4-9,11H2,1H3,(H4,18,19,20,21). The zero-order valence-electron chi connectivity index (χ0n) is 14.1. The Bertz CT molecular complexity index is 731. The van der Waals surface area contributed by atoms with Gasteiger partial charge in [0.15, 0.2) is 0 Å². The van der Waals surface area contributed by atoms with E-state index >= 15 is 0 Å². The van der Waals surface area contributed by atoms with Gasteiger partial charge in [-0.15, -0.1) is 5.10 Å². The second-order valence-corrected chi connectivity index (χ2v) is 6.95. The molecule has 4 N–H and O–H groups in total. The molecule has 1 aromatic carbocycles. The van der Waals surface area contributed by atoms with Crippen molar-refractivity contribution >= 4 is 11.9 Å². The van der Waals surface area contributed by atoms with Crippen molar-refractivity contribution in [1.29, 1.82) is 0 Å². The van der Waals surface area contributed by atoms with Gasteiger partial charge < -0.3 is 16.4 Å². The minimum atomic E-state index is 0.207. The van der Waals surface area contributed by atoms with Gasteiger partial charge in [0.2, 0.25) is 11.9 Å². The van der Waals surface area contributed by atoms with Gasteiger partial charge >= 0.3 is 0 Å². The van der Waals surface area contributed by atoms with E-state index in [2.05, 4.69) is 45.1 Å². The molecule has 2 aliphatic heterocycles. The molecular weight excluding hydrogens is 302 g/mol. The predicted molar refractivity (Wildman–Crippen MR) is 94.8 cm³/mol. The first-order valence-electron chi connectivity index (χ1n) is 8.63. The first-order valence-corrected chi connectivity index (χ1v) is 8.63. The smallest absolute Gasteiger partial charge is 0.241 e. The maximum Gasteiger partial charge on any atom is 0.241 e. The van der Waals surface area contributed by atoms with Crippen LogP contribution in [0.3, 0.4) is 0 Å². The quantitative estimate of drug-likeness (QED) is 0.851. The van der Waals surface area contributed by atoms with E-state index in [1.54, 1.807) is 4.68 Å². The number of benzene rings is 1. The summed E-state index contributed by atoms with van der Waals surface area (Å²) < 4.78 is 1.62. The summed E-state index contributed by atoms with van der Waals surface area (Å²) in [7, 11) is 2.21. The highest BCUT2D eigenvalue weighted by Crippen LogP contribution is 2.27. The number of piperidine rings is 1. The van der Waals surface area contributed by atoms with Crippen LogP contribution in [-0.4, -0.2) is 57.3 Å². The van der Waals surface area contributed by atoms with E-state index < -0.39 is 0 Å². The molecule has 0 bridgehead atoms. The summed E-state index contributed by atoms with van der Waals surface area (Å²) in [5.74, 6) is 0.536. The van der Waals surface area contributed by atoms with Crippen molar-refractivity contribution in [2.45, 2.75) is 31.8 Å². The molecule has 128 valence electrons. The molecular formula is C17H25N7. The number of fused-ring (bicyclic) bond motifs is 1. The maximum atomic E-state index is 5.90. The molecule has 0 radical (unpaired) electrons. The van der Waals surface area contributed by atoms with Crippen LogP contribution in [-0.2, 0) is 13.0 Å². The van der Waals surface area contributed by atoms with Crippen LogP contribution in [0.4, 0.5) is 11.9 Å². The molecule has 7 heteroatoms. The lowest BCUT2D eigenvalue weighted by Crippen LogP contribution is -2.45. The summed E-state index contributed by atoms with van der Waals surface area (Å²) in [5, 5.41) is 4.19. The van der Waals surface area contributed by atoms with Gasteiger partial charge in [0.1, 0.15) is 0 Å². The summed E-state index contributed by atoms with van der Waals surface area (Å²) in [5.41, 5.74) is 15.3. The van der Waals surface area contributed by atoms with E-state index in [0.717, 1.165) is 25.2 Å². The van der Waals surface area contributed by atoms with E-state index in [1.165, 1.54) is 37.1 Å². The van der Waals surface area contributed by atoms with Crippen molar-refractivity contribution in [3.05, 3.63) is 29.3 Å². The van der Waals surface area contributed by atoms with Gasteiger partial charge in [-0.05, 0) is 62.7 Å². The van der Waals surface area contributed by atoms with Crippen LogP contribution in [0.25, 0.3) is 5.69 Å². The van der Waals surface area contributed by atoms with Crippen LogP contribution >= 0.6 is 0 Å². The molecule has 1 aromatic heterocycles. The number of likely N-dealkylation sites (tertiary alicyclic amines) is 1. The number of nitrogens with two attached hydrogens (primary N) is 2. The maximum absolute atomic E-state index is 5.90. The normalized spacial score (nSPS) is 20.2. The Kier molecular flexibility index (Phi) is 3.90. The summed E-state index contributed by atoms with van der Waals surface area (Å²) in [6.07, 6.45) is 3.63. The summed E-state index contributed by atoms with van der Waals surface area (Å²) >= 11 is 0. The minimum Gasteiger partial charge on any atom is -0.368 e. The van der Waals surface area contributed by atoms with E-state index in [-0.39, 0.29) is 5.95 Å². The molecule has 0 spiro atoms. The van der Waals surface area contributed by atoms with Gasteiger partial charge in [-0.3, -0.25) is 4.90 Å². The van der Waals surface area contributed by atoms with Crippen LogP contribution in [0.2, 0.25) is 0 Å². The first kappa shape index (κ1) is 15.4. The van der Waals surface area contributed by atoms with Gasteiger partial charge in [0, 0.05) is 19.1 Å². The van der Waals surface area contributed by atoms with Crippen LogP contribution in [0.5, 0.6) is 0 Å². The van der Waals surface area contributed by atoms with Crippen LogP contribution in [0, 0.1) is 0 Å². The fourth-order valence-corrected chi connectivity index (χ4v) is 3.90. The Morgan fingerprint density at radius 3 is 2.58 bits per heavy atom. The number of aromatic nitrogens is 3. The molecule has 2 aliphatic rings. The Labute approximate surface area is 142 Å². The van der Waals surface area contributed by atoms with Crippen molar-refractivity contribution in [3.63, 3.8) is 0 Å². The van der Waals surface area contributed by atoms with Crippen LogP contribution in [0.15, 0.2) is 18.2 Å². The topological polar surface area (TPSA) is 89.2 Å². The lowest BCUT2D eigenvalue weighted by molar-refractivity contribution is 0.109. The average molecular weight is 327 g/mol. The van der Waals surface area contributed by atoms with Crippen molar-refractivity contribution in [1.82, 2.24) is 24.6 Å². The molecule has 1 saturated heterocycles. The second-order valence-electron chi connectivity index (χ2n) is 6.95. The molecule has 4 rings (SSSR count). The third-order valence-electron chi connectivity index (χ3n) is 5.33. The molecule has 2 aromatic rings. The van der Waals surface area contributed by atoms with Gasteiger partial charge in [-0.25, -0.2) is 0 Å². The van der Waals surface area contributed by atoms with Crippen molar-refractivity contribution < 1.29 is 0 Å². The molecule has 0 aliphatic carbocycles. The number of nitrogen functional groups attached to an aromatic ring is 2. The molecule has 0 atom stereocenters. The van der Waals surface area contributed by atoms with E-state index in [1.807, 2.05) is 0 Å². The van der Waals surface area contributed by atoms with E-state index in [4.69, 9.17) is 11.5 Å². The average Bonchev–Trinajstić information content (AvgIpc) is 2.93. The highest BCUT2D eigenvalue weighted by Gasteiger charge is 2.26. The number of anilines is 2. The van der Waals surface area contributed by atoms with E-state index in [9.17, 15) is 0 Å². The van der Waals surface area contributed by atoms with Crippen LogP contribution in [0.1, 0.15) is 24.0 Å². The molecule has 24 heavy (non-hydrogen) atoms. The zero-order valence-corrected chi connectivity index (χ0v) is 14.1. The van der Waals surface area contributed by atoms with Crippen molar-refractivity contribution in [2.24, 2.45) is 0 Å².